The summed E-state index contributed by atoms with van der Waals surface area (Å²) in [7, 11) is 0. The van der Waals surface area contributed by atoms with E-state index in [1.54, 1.807) is 0 Å². The minimum atomic E-state index is -4.57. The number of aryl methyl sites for hydroxylation is 1. The van der Waals surface area contributed by atoms with Crippen LogP contribution in [0.4, 0.5) is 13.2 Å². The molecule has 0 aliphatic carbocycles. The van der Waals surface area contributed by atoms with E-state index in [2.05, 4.69) is 0 Å². The van der Waals surface area contributed by atoms with Crippen LogP contribution in [0.5, 0.6) is 5.75 Å². The van der Waals surface area contributed by atoms with Crippen LogP contribution in [0.15, 0.2) is 18.2 Å². The minimum absolute atomic E-state index is 0.00686. The average Bonchev–Trinajstić information content (AvgIpc) is 2.15. The molecule has 1 rings (SSSR count). The van der Waals surface area contributed by atoms with Crippen LogP contribution in [0.25, 0.3) is 0 Å². The molecule has 3 nitrogen and oxygen atoms in total. The predicted molar refractivity (Wildman–Crippen MR) is 53.9 cm³/mol. The van der Waals surface area contributed by atoms with Gasteiger partial charge in [-0.1, -0.05) is 12.1 Å². The lowest BCUT2D eigenvalue weighted by atomic mass is 10.1. The number of aliphatic carboxylic acids is 1. The monoisotopic (exact) mass is 248 g/mol. The molecule has 0 saturated heterocycles. The predicted octanol–water partition coefficient (Wildman–Crippen LogP) is 2.87. The van der Waals surface area contributed by atoms with Crippen molar-refractivity contribution in [3.8, 4) is 5.75 Å². The summed E-state index contributed by atoms with van der Waals surface area (Å²) in [6.07, 6.45) is -5.91. The van der Waals surface area contributed by atoms with Gasteiger partial charge in [0.15, 0.2) is 6.10 Å². The standard InChI is InChI=1S/C11H11F3O3/c1-6-4-3-5-8(9(6)11(12,13)14)17-7(2)10(15)16/h3-5,7H,1-2H3,(H,15,16). The first kappa shape index (κ1) is 13.3. The van der Waals surface area contributed by atoms with E-state index < -0.39 is 29.6 Å². The lowest BCUT2D eigenvalue weighted by Gasteiger charge is -2.17. The molecule has 0 amide bonds. The third-order valence-corrected chi connectivity index (χ3v) is 2.17. The Balaban J connectivity index is 3.16. The van der Waals surface area contributed by atoms with E-state index in [1.807, 2.05) is 0 Å². The Morgan fingerprint density at radius 2 is 2.00 bits per heavy atom. The summed E-state index contributed by atoms with van der Waals surface area (Å²) < 4.78 is 43.0. The molecule has 0 saturated carbocycles. The summed E-state index contributed by atoms with van der Waals surface area (Å²) in [6, 6.07) is 3.78. The molecule has 0 aliphatic rings. The van der Waals surface area contributed by atoms with Gasteiger partial charge in [0.1, 0.15) is 11.3 Å². The van der Waals surface area contributed by atoms with Crippen LogP contribution in [0.1, 0.15) is 18.1 Å². The SMILES string of the molecule is Cc1cccc(OC(C)C(=O)O)c1C(F)(F)F. The van der Waals surface area contributed by atoms with Crippen LogP contribution in [-0.2, 0) is 11.0 Å². The number of benzene rings is 1. The van der Waals surface area contributed by atoms with Crippen LogP contribution in [0, 0.1) is 6.92 Å². The zero-order valence-corrected chi connectivity index (χ0v) is 9.21. The largest absolute Gasteiger partial charge is 0.479 e. The summed E-state index contributed by atoms with van der Waals surface area (Å²) in [4.78, 5) is 10.5. The molecule has 0 spiro atoms. The highest BCUT2D eigenvalue weighted by Gasteiger charge is 2.36. The number of ether oxygens (including phenoxy) is 1. The van der Waals surface area contributed by atoms with E-state index in [0.717, 1.165) is 6.07 Å². The molecule has 0 heterocycles. The second-order valence-electron chi connectivity index (χ2n) is 3.54. The van der Waals surface area contributed by atoms with Crippen LogP contribution in [-0.4, -0.2) is 17.2 Å². The number of carbonyl (C=O) groups is 1. The van der Waals surface area contributed by atoms with Crippen molar-refractivity contribution in [3.05, 3.63) is 29.3 Å². The Labute approximate surface area is 95.8 Å². The van der Waals surface area contributed by atoms with Gasteiger partial charge in [-0.25, -0.2) is 4.79 Å². The average molecular weight is 248 g/mol. The highest BCUT2D eigenvalue weighted by molar-refractivity contribution is 5.72. The number of hydrogen-bond donors (Lipinski definition) is 1. The van der Waals surface area contributed by atoms with Crippen molar-refractivity contribution >= 4 is 5.97 Å². The Kier molecular flexibility index (Phi) is 3.65. The lowest BCUT2D eigenvalue weighted by Crippen LogP contribution is -2.24. The molecule has 0 aromatic heterocycles. The van der Waals surface area contributed by atoms with E-state index in [9.17, 15) is 18.0 Å². The number of halogens is 3. The van der Waals surface area contributed by atoms with E-state index in [-0.39, 0.29) is 5.56 Å². The van der Waals surface area contributed by atoms with Crippen molar-refractivity contribution in [2.75, 3.05) is 0 Å². The zero-order chi connectivity index (χ0) is 13.2. The van der Waals surface area contributed by atoms with Gasteiger partial charge < -0.3 is 9.84 Å². The Bertz CT molecular complexity index is 426. The van der Waals surface area contributed by atoms with Crippen molar-refractivity contribution in [1.29, 1.82) is 0 Å². The summed E-state index contributed by atoms with van der Waals surface area (Å²) in [5.74, 6) is -1.79. The Morgan fingerprint density at radius 1 is 1.41 bits per heavy atom. The van der Waals surface area contributed by atoms with Crippen LogP contribution in [0.2, 0.25) is 0 Å². The maximum atomic E-state index is 12.7. The van der Waals surface area contributed by atoms with Crippen molar-refractivity contribution in [3.63, 3.8) is 0 Å². The summed E-state index contributed by atoms with van der Waals surface area (Å²) in [6.45, 7) is 2.46. The van der Waals surface area contributed by atoms with Gasteiger partial charge >= 0.3 is 12.1 Å². The number of alkyl halides is 3. The third kappa shape index (κ3) is 3.12. The second-order valence-corrected chi connectivity index (χ2v) is 3.54. The van der Waals surface area contributed by atoms with Gasteiger partial charge in [0.25, 0.3) is 0 Å². The third-order valence-electron chi connectivity index (χ3n) is 2.17. The second kappa shape index (κ2) is 4.65. The fraction of sp³-hybridized carbons (Fsp3) is 0.364. The van der Waals surface area contributed by atoms with Gasteiger partial charge in [0.2, 0.25) is 0 Å². The molecule has 0 radical (unpaired) electrons. The van der Waals surface area contributed by atoms with Gasteiger partial charge in [0.05, 0.1) is 0 Å². The first-order valence-corrected chi connectivity index (χ1v) is 4.79. The summed E-state index contributed by atoms with van der Waals surface area (Å²) in [5.41, 5.74) is -0.944. The van der Waals surface area contributed by atoms with Crippen LogP contribution < -0.4 is 4.74 Å². The molecule has 6 heteroatoms. The molecule has 1 unspecified atom stereocenters. The Morgan fingerprint density at radius 3 is 2.47 bits per heavy atom. The van der Waals surface area contributed by atoms with Crippen molar-refractivity contribution < 1.29 is 27.8 Å². The van der Waals surface area contributed by atoms with Crippen molar-refractivity contribution in [2.45, 2.75) is 26.1 Å². The maximum absolute atomic E-state index is 12.7. The van der Waals surface area contributed by atoms with E-state index >= 15 is 0 Å². The number of rotatable bonds is 3. The van der Waals surface area contributed by atoms with E-state index in [4.69, 9.17) is 9.84 Å². The maximum Gasteiger partial charge on any atom is 0.420 e. The normalized spacial score (nSPS) is 13.2. The fourth-order valence-corrected chi connectivity index (χ4v) is 1.34. The zero-order valence-electron chi connectivity index (χ0n) is 9.21. The molecule has 0 bridgehead atoms. The molecule has 1 aromatic carbocycles. The van der Waals surface area contributed by atoms with Gasteiger partial charge in [-0.2, -0.15) is 13.2 Å². The topological polar surface area (TPSA) is 46.5 Å². The van der Waals surface area contributed by atoms with Gasteiger partial charge in [-0.3, -0.25) is 0 Å². The molecule has 0 fully saturated rings. The molecular formula is C11H11F3O3. The highest BCUT2D eigenvalue weighted by atomic mass is 19.4. The van der Waals surface area contributed by atoms with Gasteiger partial charge in [-0.05, 0) is 25.5 Å². The number of carboxylic acids is 1. The Hall–Kier alpha value is -1.72. The van der Waals surface area contributed by atoms with Crippen LogP contribution >= 0.6 is 0 Å². The summed E-state index contributed by atoms with van der Waals surface area (Å²) >= 11 is 0. The first-order chi connectivity index (χ1) is 7.73. The number of carboxylic acid groups (broad SMARTS) is 1. The fourth-order valence-electron chi connectivity index (χ4n) is 1.34. The van der Waals surface area contributed by atoms with Crippen LogP contribution in [0.3, 0.4) is 0 Å². The smallest absolute Gasteiger partial charge is 0.420 e. The van der Waals surface area contributed by atoms with Crippen molar-refractivity contribution in [2.24, 2.45) is 0 Å². The summed E-state index contributed by atoms with van der Waals surface area (Å²) in [5, 5.41) is 8.60. The lowest BCUT2D eigenvalue weighted by molar-refractivity contribution is -0.147. The molecule has 94 valence electrons. The number of hydrogen-bond acceptors (Lipinski definition) is 2. The highest BCUT2D eigenvalue weighted by Crippen LogP contribution is 2.38. The first-order valence-electron chi connectivity index (χ1n) is 4.79. The molecule has 1 atom stereocenters. The van der Waals surface area contributed by atoms with Gasteiger partial charge in [0, 0.05) is 0 Å². The quantitative estimate of drug-likeness (QED) is 0.894. The molecule has 1 aromatic rings. The van der Waals surface area contributed by atoms with E-state index in [0.29, 0.717) is 0 Å². The minimum Gasteiger partial charge on any atom is -0.479 e. The molecule has 0 aliphatic heterocycles. The van der Waals surface area contributed by atoms with Gasteiger partial charge in [-0.15, -0.1) is 0 Å². The molecule has 1 N–H and O–H groups in total. The van der Waals surface area contributed by atoms with E-state index in [1.165, 1.54) is 26.0 Å². The molecular weight excluding hydrogens is 237 g/mol. The molecule has 17 heavy (non-hydrogen) atoms. The van der Waals surface area contributed by atoms with Crippen molar-refractivity contribution in [1.82, 2.24) is 0 Å².